The lowest BCUT2D eigenvalue weighted by atomic mass is 10.1. The Labute approximate surface area is 141 Å². The summed E-state index contributed by atoms with van der Waals surface area (Å²) >= 11 is 6.15. The average Bonchev–Trinajstić information content (AvgIpc) is 2.51. The molecule has 2 aromatic rings. The lowest BCUT2D eigenvalue weighted by Crippen LogP contribution is -2.15. The van der Waals surface area contributed by atoms with Crippen LogP contribution in [0.1, 0.15) is 25.0 Å². The molecule has 0 fully saturated rings. The van der Waals surface area contributed by atoms with E-state index in [2.05, 4.69) is 5.32 Å². The molecule has 0 bridgehead atoms. The Morgan fingerprint density at radius 3 is 2.43 bits per heavy atom. The Bertz CT molecular complexity index is 644. The smallest absolute Gasteiger partial charge is 0.166 e. The Balaban J connectivity index is 2.11. The highest BCUT2D eigenvalue weighted by molar-refractivity contribution is 6.30. The van der Waals surface area contributed by atoms with Gasteiger partial charge in [-0.25, -0.2) is 4.39 Å². The molecule has 5 heteroatoms. The Kier molecular flexibility index (Phi) is 6.25. The van der Waals surface area contributed by atoms with Gasteiger partial charge < -0.3 is 14.8 Å². The van der Waals surface area contributed by atoms with Crippen molar-refractivity contribution in [2.24, 2.45) is 0 Å². The summed E-state index contributed by atoms with van der Waals surface area (Å²) in [6.07, 6.45) is 0.0286. The third kappa shape index (κ3) is 5.12. The third-order valence-corrected chi connectivity index (χ3v) is 3.45. The zero-order valence-electron chi connectivity index (χ0n) is 13.5. The molecular formula is C18H21ClFNO2. The van der Waals surface area contributed by atoms with Crippen LogP contribution in [-0.2, 0) is 13.1 Å². The minimum atomic E-state index is -0.235. The van der Waals surface area contributed by atoms with Gasteiger partial charge in [0.25, 0.3) is 0 Å². The first-order valence-electron chi connectivity index (χ1n) is 7.48. The molecule has 0 aromatic heterocycles. The SMILES string of the molecule is COc1cc(Cl)cc(CNCc2ccc(F)cc2)c1OC(C)C. The molecule has 0 radical (unpaired) electrons. The fraction of sp³-hybridized carbons (Fsp3) is 0.333. The van der Waals surface area contributed by atoms with Gasteiger partial charge in [0.2, 0.25) is 0 Å². The summed E-state index contributed by atoms with van der Waals surface area (Å²) in [6, 6.07) is 10.0. The highest BCUT2D eigenvalue weighted by atomic mass is 35.5. The second-order valence-corrected chi connectivity index (χ2v) is 5.93. The molecule has 3 nitrogen and oxygen atoms in total. The van der Waals surface area contributed by atoms with Crippen molar-refractivity contribution >= 4 is 11.6 Å². The molecule has 0 heterocycles. The molecule has 0 saturated heterocycles. The van der Waals surface area contributed by atoms with Crippen LogP contribution in [0.25, 0.3) is 0 Å². The van der Waals surface area contributed by atoms with E-state index < -0.39 is 0 Å². The van der Waals surface area contributed by atoms with Crippen LogP contribution in [0.2, 0.25) is 5.02 Å². The molecule has 0 spiro atoms. The molecule has 23 heavy (non-hydrogen) atoms. The number of methoxy groups -OCH3 is 1. The molecule has 0 amide bonds. The van der Waals surface area contributed by atoms with Crippen molar-refractivity contribution in [2.45, 2.75) is 33.0 Å². The van der Waals surface area contributed by atoms with Crippen molar-refractivity contribution in [1.82, 2.24) is 5.32 Å². The fourth-order valence-electron chi connectivity index (χ4n) is 2.22. The largest absolute Gasteiger partial charge is 0.493 e. The van der Waals surface area contributed by atoms with Crippen LogP contribution in [0.15, 0.2) is 36.4 Å². The molecule has 0 aliphatic rings. The highest BCUT2D eigenvalue weighted by Crippen LogP contribution is 2.35. The molecule has 0 unspecified atom stereocenters. The second kappa shape index (κ2) is 8.18. The van der Waals surface area contributed by atoms with Crippen molar-refractivity contribution in [3.05, 3.63) is 58.4 Å². The molecule has 0 saturated carbocycles. The van der Waals surface area contributed by atoms with Crippen molar-refractivity contribution in [2.75, 3.05) is 7.11 Å². The number of ether oxygens (including phenoxy) is 2. The molecule has 0 atom stereocenters. The monoisotopic (exact) mass is 337 g/mol. The second-order valence-electron chi connectivity index (χ2n) is 5.49. The van der Waals surface area contributed by atoms with Gasteiger partial charge in [-0.3, -0.25) is 0 Å². The molecule has 0 aliphatic carbocycles. The summed E-state index contributed by atoms with van der Waals surface area (Å²) in [5.41, 5.74) is 1.93. The number of hydrogen-bond donors (Lipinski definition) is 1. The highest BCUT2D eigenvalue weighted by Gasteiger charge is 2.14. The van der Waals surface area contributed by atoms with Crippen LogP contribution in [0, 0.1) is 5.82 Å². The number of benzene rings is 2. The summed E-state index contributed by atoms with van der Waals surface area (Å²) in [4.78, 5) is 0. The standard InChI is InChI=1S/C18H21ClFNO2/c1-12(2)23-18-14(8-15(19)9-17(18)22-3)11-21-10-13-4-6-16(20)7-5-13/h4-9,12,21H,10-11H2,1-3H3. The van der Waals surface area contributed by atoms with E-state index in [-0.39, 0.29) is 11.9 Å². The summed E-state index contributed by atoms with van der Waals surface area (Å²) in [5, 5.41) is 3.91. The lowest BCUT2D eigenvalue weighted by Gasteiger charge is -2.18. The first kappa shape index (κ1) is 17.6. The van der Waals surface area contributed by atoms with Crippen LogP contribution in [0.4, 0.5) is 4.39 Å². The lowest BCUT2D eigenvalue weighted by molar-refractivity contribution is 0.227. The van der Waals surface area contributed by atoms with Crippen molar-refractivity contribution in [1.29, 1.82) is 0 Å². The van der Waals surface area contributed by atoms with Gasteiger partial charge in [0.05, 0.1) is 13.2 Å². The molecular weight excluding hydrogens is 317 g/mol. The van der Waals surface area contributed by atoms with Gasteiger partial charge >= 0.3 is 0 Å². The molecule has 1 N–H and O–H groups in total. The molecule has 124 valence electrons. The Morgan fingerprint density at radius 2 is 1.83 bits per heavy atom. The first-order valence-corrected chi connectivity index (χ1v) is 7.85. The number of halogens is 2. The summed E-state index contributed by atoms with van der Waals surface area (Å²) < 4.78 is 24.1. The topological polar surface area (TPSA) is 30.5 Å². The van der Waals surface area contributed by atoms with Gasteiger partial charge in [-0.15, -0.1) is 0 Å². The fourth-order valence-corrected chi connectivity index (χ4v) is 2.45. The van der Waals surface area contributed by atoms with Crippen LogP contribution in [0.3, 0.4) is 0 Å². The average molecular weight is 338 g/mol. The summed E-state index contributed by atoms with van der Waals surface area (Å²) in [5.74, 6) is 1.07. The Morgan fingerprint density at radius 1 is 1.13 bits per heavy atom. The van der Waals surface area contributed by atoms with E-state index >= 15 is 0 Å². The van der Waals surface area contributed by atoms with Crippen LogP contribution in [-0.4, -0.2) is 13.2 Å². The number of rotatable bonds is 7. The van der Waals surface area contributed by atoms with Gasteiger partial charge in [0, 0.05) is 29.7 Å². The molecule has 2 aromatic carbocycles. The van der Waals surface area contributed by atoms with E-state index in [4.69, 9.17) is 21.1 Å². The first-order chi connectivity index (χ1) is 11.0. The van der Waals surface area contributed by atoms with Gasteiger partial charge in [-0.2, -0.15) is 0 Å². The quantitative estimate of drug-likeness (QED) is 0.803. The predicted octanol–water partition coefficient (Wildman–Crippen LogP) is 4.56. The van der Waals surface area contributed by atoms with E-state index in [1.54, 1.807) is 25.3 Å². The van der Waals surface area contributed by atoms with Crippen molar-refractivity contribution in [3.63, 3.8) is 0 Å². The van der Waals surface area contributed by atoms with Gasteiger partial charge in [-0.05, 0) is 37.6 Å². The normalized spacial score (nSPS) is 10.9. The van der Waals surface area contributed by atoms with E-state index in [1.807, 2.05) is 19.9 Å². The number of hydrogen-bond acceptors (Lipinski definition) is 3. The van der Waals surface area contributed by atoms with E-state index in [0.29, 0.717) is 29.6 Å². The van der Waals surface area contributed by atoms with E-state index in [1.165, 1.54) is 12.1 Å². The van der Waals surface area contributed by atoms with Crippen molar-refractivity contribution < 1.29 is 13.9 Å². The maximum Gasteiger partial charge on any atom is 0.166 e. The predicted molar refractivity (Wildman–Crippen MR) is 90.7 cm³/mol. The minimum Gasteiger partial charge on any atom is -0.493 e. The minimum absolute atomic E-state index is 0.0286. The van der Waals surface area contributed by atoms with E-state index in [0.717, 1.165) is 11.1 Å². The summed E-state index contributed by atoms with van der Waals surface area (Å²) in [7, 11) is 1.59. The maximum absolute atomic E-state index is 12.9. The maximum atomic E-state index is 12.9. The zero-order chi connectivity index (χ0) is 16.8. The number of nitrogens with one attached hydrogen (secondary N) is 1. The van der Waals surface area contributed by atoms with Crippen LogP contribution < -0.4 is 14.8 Å². The van der Waals surface area contributed by atoms with Gasteiger partial charge in [0.1, 0.15) is 5.82 Å². The molecule has 0 aliphatic heterocycles. The van der Waals surface area contributed by atoms with E-state index in [9.17, 15) is 4.39 Å². The van der Waals surface area contributed by atoms with Gasteiger partial charge in [-0.1, -0.05) is 23.7 Å². The van der Waals surface area contributed by atoms with Crippen molar-refractivity contribution in [3.8, 4) is 11.5 Å². The van der Waals surface area contributed by atoms with Gasteiger partial charge in [0.15, 0.2) is 11.5 Å². The molecule has 2 rings (SSSR count). The zero-order valence-corrected chi connectivity index (χ0v) is 14.3. The third-order valence-electron chi connectivity index (χ3n) is 3.23. The van der Waals surface area contributed by atoms with Crippen LogP contribution >= 0.6 is 11.6 Å². The summed E-state index contributed by atoms with van der Waals surface area (Å²) in [6.45, 7) is 5.11. The Hall–Kier alpha value is -1.78. The van der Waals surface area contributed by atoms with Crippen LogP contribution in [0.5, 0.6) is 11.5 Å².